The van der Waals surface area contributed by atoms with Gasteiger partial charge in [-0.3, -0.25) is 14.4 Å². The van der Waals surface area contributed by atoms with Gasteiger partial charge in [-0.2, -0.15) is 0 Å². The van der Waals surface area contributed by atoms with Gasteiger partial charge in [0.05, 0.1) is 24.5 Å². The number of likely N-dealkylation sites (tertiary alicyclic amines) is 1. The second-order valence-electron chi connectivity index (χ2n) is 10.4. The number of hydrogen-bond acceptors (Lipinski definition) is 6. The number of rotatable bonds is 14. The SMILES string of the molecule is CCCCCNC(=O)C1N(CCCCCO)C(=O)[C@@H]2[C@@H](C(=O)Nc3ccc(OCC)cc3)[C@@H]3OC12CC3Br. The molecule has 6 atom stereocenters. The van der Waals surface area contributed by atoms with Crippen LogP contribution >= 0.6 is 15.9 Å². The Labute approximate surface area is 233 Å². The average molecular weight is 595 g/mol. The summed E-state index contributed by atoms with van der Waals surface area (Å²) in [7, 11) is 0. The normalized spacial score (nSPS) is 29.4. The molecule has 3 aliphatic rings. The fourth-order valence-corrected chi connectivity index (χ4v) is 7.19. The third-order valence-corrected chi connectivity index (χ3v) is 8.75. The summed E-state index contributed by atoms with van der Waals surface area (Å²) >= 11 is 3.70. The van der Waals surface area contributed by atoms with Crippen LogP contribution in [0.5, 0.6) is 5.75 Å². The lowest BCUT2D eigenvalue weighted by Gasteiger charge is -2.34. The van der Waals surface area contributed by atoms with Crippen LogP contribution in [-0.4, -0.2) is 76.6 Å². The molecule has 210 valence electrons. The Morgan fingerprint density at radius 3 is 2.58 bits per heavy atom. The summed E-state index contributed by atoms with van der Waals surface area (Å²) in [6.07, 6.45) is 4.96. The minimum Gasteiger partial charge on any atom is -0.494 e. The van der Waals surface area contributed by atoms with Gasteiger partial charge in [0.25, 0.3) is 0 Å². The lowest BCUT2D eigenvalue weighted by atomic mass is 9.70. The number of aliphatic hydroxyl groups is 1. The number of unbranched alkanes of at least 4 members (excludes halogenated alkanes) is 4. The second-order valence-corrected chi connectivity index (χ2v) is 11.6. The van der Waals surface area contributed by atoms with Crippen LogP contribution in [0.4, 0.5) is 5.69 Å². The predicted octanol–water partition coefficient (Wildman–Crippen LogP) is 3.24. The van der Waals surface area contributed by atoms with Gasteiger partial charge in [-0.15, -0.1) is 0 Å². The third-order valence-electron chi connectivity index (χ3n) is 7.91. The number of nitrogens with zero attached hydrogens (tertiary/aromatic N) is 1. The molecule has 0 aliphatic carbocycles. The van der Waals surface area contributed by atoms with E-state index in [1.807, 2.05) is 6.92 Å². The summed E-state index contributed by atoms with van der Waals surface area (Å²) in [5, 5.41) is 15.2. The Kier molecular flexibility index (Phi) is 9.70. The van der Waals surface area contributed by atoms with Crippen molar-refractivity contribution in [3.8, 4) is 5.75 Å². The number of hydrogen-bond donors (Lipinski definition) is 3. The number of benzene rings is 1. The molecule has 3 fully saturated rings. The van der Waals surface area contributed by atoms with Gasteiger partial charge < -0.3 is 30.1 Å². The van der Waals surface area contributed by atoms with E-state index >= 15 is 0 Å². The second kappa shape index (κ2) is 12.8. The number of carbonyl (C=O) groups is 3. The van der Waals surface area contributed by atoms with E-state index in [0.717, 1.165) is 25.7 Å². The number of nitrogens with one attached hydrogen (secondary N) is 2. The van der Waals surface area contributed by atoms with E-state index in [0.29, 0.717) is 50.4 Å². The summed E-state index contributed by atoms with van der Waals surface area (Å²) in [5.74, 6) is -1.43. The van der Waals surface area contributed by atoms with Crippen LogP contribution in [0, 0.1) is 11.8 Å². The lowest BCUT2D eigenvalue weighted by molar-refractivity contribution is -0.141. The molecule has 0 saturated carbocycles. The van der Waals surface area contributed by atoms with Crippen LogP contribution in [0.2, 0.25) is 0 Å². The highest BCUT2D eigenvalue weighted by Crippen LogP contribution is 2.60. The van der Waals surface area contributed by atoms with Crippen molar-refractivity contribution in [1.82, 2.24) is 10.2 Å². The quantitative estimate of drug-likeness (QED) is 0.225. The zero-order valence-corrected chi connectivity index (χ0v) is 23.9. The highest BCUT2D eigenvalue weighted by atomic mass is 79.9. The minimum absolute atomic E-state index is 0.0890. The number of halogens is 1. The molecule has 2 bridgehead atoms. The van der Waals surface area contributed by atoms with Crippen molar-refractivity contribution in [3.63, 3.8) is 0 Å². The molecule has 3 N–H and O–H groups in total. The standard InChI is InChI=1S/C28H40BrN3O6/c1-3-5-7-14-30-26(35)24-28-17-20(29)23(38-28)21(22(28)27(36)32(24)15-8-6-9-16-33)25(34)31-18-10-12-19(13-11-18)37-4-2/h10-13,20-24,33H,3-9,14-17H2,1-2H3,(H,30,35)(H,31,34)/t20?,21-,22+,23-,24?,28?/m1/s1. The largest absolute Gasteiger partial charge is 0.494 e. The van der Waals surface area contributed by atoms with Gasteiger partial charge in [0, 0.05) is 30.2 Å². The fraction of sp³-hybridized carbons (Fsp3) is 0.679. The number of carbonyl (C=O) groups excluding carboxylic acids is 3. The van der Waals surface area contributed by atoms with Gasteiger partial charge in [-0.05, 0) is 63.3 Å². The monoisotopic (exact) mass is 593 g/mol. The molecule has 3 amide bonds. The van der Waals surface area contributed by atoms with Crippen molar-refractivity contribution >= 4 is 39.3 Å². The van der Waals surface area contributed by atoms with E-state index in [-0.39, 0.29) is 29.2 Å². The van der Waals surface area contributed by atoms with Gasteiger partial charge in [0.15, 0.2) is 0 Å². The third kappa shape index (κ3) is 5.58. The fourth-order valence-electron chi connectivity index (χ4n) is 6.25. The molecule has 1 spiro atoms. The van der Waals surface area contributed by atoms with Crippen LogP contribution in [0.3, 0.4) is 0 Å². The molecule has 3 saturated heterocycles. The van der Waals surface area contributed by atoms with E-state index in [9.17, 15) is 19.5 Å². The Morgan fingerprint density at radius 1 is 1.13 bits per heavy atom. The first-order valence-corrected chi connectivity index (χ1v) is 14.8. The summed E-state index contributed by atoms with van der Waals surface area (Å²) in [5.41, 5.74) is -0.444. The highest BCUT2D eigenvalue weighted by molar-refractivity contribution is 9.09. The van der Waals surface area contributed by atoms with E-state index < -0.39 is 29.6 Å². The lowest BCUT2D eigenvalue weighted by Crippen LogP contribution is -2.56. The Hall–Kier alpha value is -2.17. The van der Waals surface area contributed by atoms with Crippen molar-refractivity contribution in [2.24, 2.45) is 11.8 Å². The van der Waals surface area contributed by atoms with Crippen LogP contribution in [-0.2, 0) is 19.1 Å². The number of ether oxygens (including phenoxy) is 2. The van der Waals surface area contributed by atoms with Gasteiger partial charge in [-0.1, -0.05) is 35.7 Å². The minimum atomic E-state index is -1.05. The smallest absolute Gasteiger partial charge is 0.245 e. The molecule has 4 rings (SSSR count). The molecular weight excluding hydrogens is 554 g/mol. The van der Waals surface area contributed by atoms with Gasteiger partial charge in [0.2, 0.25) is 17.7 Å². The van der Waals surface area contributed by atoms with Crippen molar-refractivity contribution in [2.45, 2.75) is 81.4 Å². The van der Waals surface area contributed by atoms with E-state index in [2.05, 4.69) is 33.5 Å². The molecule has 38 heavy (non-hydrogen) atoms. The Bertz CT molecular complexity index is 991. The molecule has 1 aromatic rings. The topological polar surface area (TPSA) is 117 Å². The van der Waals surface area contributed by atoms with Gasteiger partial charge >= 0.3 is 0 Å². The molecule has 10 heteroatoms. The number of anilines is 1. The first-order chi connectivity index (χ1) is 18.4. The maximum atomic E-state index is 13.9. The van der Waals surface area contributed by atoms with Crippen molar-refractivity contribution in [1.29, 1.82) is 0 Å². The molecular formula is C28H40BrN3O6. The Balaban J connectivity index is 1.57. The molecule has 1 aromatic carbocycles. The number of aliphatic hydroxyl groups excluding tert-OH is 1. The Morgan fingerprint density at radius 2 is 1.89 bits per heavy atom. The number of alkyl halides is 1. The maximum Gasteiger partial charge on any atom is 0.245 e. The predicted molar refractivity (Wildman–Crippen MR) is 147 cm³/mol. The summed E-state index contributed by atoms with van der Waals surface area (Å²) in [6.45, 7) is 5.58. The summed E-state index contributed by atoms with van der Waals surface area (Å²) in [4.78, 5) is 42.6. The van der Waals surface area contributed by atoms with Crippen molar-refractivity contribution < 1.29 is 29.0 Å². The maximum absolute atomic E-state index is 13.9. The molecule has 3 heterocycles. The van der Waals surface area contributed by atoms with Crippen molar-refractivity contribution in [2.75, 3.05) is 31.6 Å². The van der Waals surface area contributed by atoms with E-state index in [1.54, 1.807) is 29.2 Å². The van der Waals surface area contributed by atoms with Gasteiger partial charge in [-0.25, -0.2) is 0 Å². The molecule has 0 aromatic heterocycles. The molecule has 9 nitrogen and oxygen atoms in total. The number of fused-ring (bicyclic) bond motifs is 1. The van der Waals surface area contributed by atoms with Crippen LogP contribution in [0.1, 0.15) is 58.8 Å². The first kappa shape index (κ1) is 28.8. The van der Waals surface area contributed by atoms with Crippen LogP contribution in [0.15, 0.2) is 24.3 Å². The summed E-state index contributed by atoms with van der Waals surface area (Å²) in [6, 6.07) is 6.34. The number of amides is 3. The van der Waals surface area contributed by atoms with Gasteiger partial charge in [0.1, 0.15) is 17.4 Å². The van der Waals surface area contributed by atoms with E-state index in [1.165, 1.54) is 0 Å². The van der Waals surface area contributed by atoms with Crippen LogP contribution in [0.25, 0.3) is 0 Å². The zero-order chi connectivity index (χ0) is 27.3. The summed E-state index contributed by atoms with van der Waals surface area (Å²) < 4.78 is 12.0. The highest BCUT2D eigenvalue weighted by Gasteiger charge is 2.76. The van der Waals surface area contributed by atoms with Crippen molar-refractivity contribution in [3.05, 3.63) is 24.3 Å². The molecule has 0 radical (unpaired) electrons. The van der Waals surface area contributed by atoms with Crippen LogP contribution < -0.4 is 15.4 Å². The van der Waals surface area contributed by atoms with E-state index in [4.69, 9.17) is 9.47 Å². The zero-order valence-electron chi connectivity index (χ0n) is 22.3. The first-order valence-electron chi connectivity index (χ1n) is 13.9. The molecule has 3 unspecified atom stereocenters. The molecule has 3 aliphatic heterocycles. The average Bonchev–Trinajstić information content (AvgIpc) is 3.49.